The molecule has 3 nitrogen and oxygen atoms in total. The van der Waals surface area contributed by atoms with Crippen LogP contribution in [0.2, 0.25) is 0 Å². The molecule has 100 valence electrons. The van der Waals surface area contributed by atoms with E-state index in [4.69, 9.17) is 10.5 Å². The minimum atomic E-state index is -0.687. The first-order valence-electron chi connectivity index (χ1n) is 6.01. The van der Waals surface area contributed by atoms with Gasteiger partial charge >= 0.3 is 0 Å². The van der Waals surface area contributed by atoms with Gasteiger partial charge < -0.3 is 15.6 Å². The number of rotatable bonds is 3. The standard InChI is InChI=1S/C13H17BrFNO2/c1-18-12-10(8(14)6-9(15)11(12)17)13(7-16)4-2-3-5-13/h6,17H,2-5,7,16H2,1H3. The van der Waals surface area contributed by atoms with Crippen molar-refractivity contribution >= 4 is 15.9 Å². The van der Waals surface area contributed by atoms with Gasteiger partial charge in [0.05, 0.1) is 7.11 Å². The molecule has 2 rings (SSSR count). The number of aromatic hydroxyl groups is 1. The normalized spacial score (nSPS) is 18.0. The van der Waals surface area contributed by atoms with Crippen LogP contribution in [0.3, 0.4) is 0 Å². The third-order valence-electron chi connectivity index (χ3n) is 3.85. The molecule has 1 saturated carbocycles. The van der Waals surface area contributed by atoms with Crippen molar-refractivity contribution in [2.45, 2.75) is 31.1 Å². The maximum Gasteiger partial charge on any atom is 0.194 e. The van der Waals surface area contributed by atoms with Gasteiger partial charge in [-0.1, -0.05) is 28.8 Å². The lowest BCUT2D eigenvalue weighted by Gasteiger charge is -2.31. The Morgan fingerprint density at radius 3 is 2.61 bits per heavy atom. The van der Waals surface area contributed by atoms with Gasteiger partial charge in [0.15, 0.2) is 17.3 Å². The van der Waals surface area contributed by atoms with Crippen molar-refractivity contribution in [1.29, 1.82) is 0 Å². The van der Waals surface area contributed by atoms with Crippen molar-refractivity contribution in [3.8, 4) is 11.5 Å². The largest absolute Gasteiger partial charge is 0.502 e. The van der Waals surface area contributed by atoms with Gasteiger partial charge in [0.1, 0.15) is 0 Å². The quantitative estimate of drug-likeness (QED) is 0.900. The number of ether oxygens (including phenoxy) is 1. The first-order chi connectivity index (χ1) is 8.55. The molecule has 18 heavy (non-hydrogen) atoms. The van der Waals surface area contributed by atoms with E-state index < -0.39 is 11.6 Å². The molecule has 5 heteroatoms. The summed E-state index contributed by atoms with van der Waals surface area (Å²) in [4.78, 5) is 0. The van der Waals surface area contributed by atoms with Crippen LogP contribution < -0.4 is 10.5 Å². The molecule has 0 radical (unpaired) electrons. The SMILES string of the molecule is COc1c(O)c(F)cc(Br)c1C1(CN)CCCC1. The van der Waals surface area contributed by atoms with E-state index in [1.54, 1.807) is 0 Å². The van der Waals surface area contributed by atoms with Crippen molar-refractivity contribution in [3.05, 3.63) is 21.9 Å². The van der Waals surface area contributed by atoms with Gasteiger partial charge in [-0.25, -0.2) is 4.39 Å². The number of halogens is 2. The van der Waals surface area contributed by atoms with E-state index in [9.17, 15) is 9.50 Å². The van der Waals surface area contributed by atoms with Crippen LogP contribution in [0.1, 0.15) is 31.2 Å². The number of hydrogen-bond acceptors (Lipinski definition) is 3. The van der Waals surface area contributed by atoms with Gasteiger partial charge in [-0.3, -0.25) is 0 Å². The number of benzene rings is 1. The summed E-state index contributed by atoms with van der Waals surface area (Å²) in [5.74, 6) is -0.919. The van der Waals surface area contributed by atoms with E-state index in [1.165, 1.54) is 13.2 Å². The zero-order valence-electron chi connectivity index (χ0n) is 10.3. The summed E-state index contributed by atoms with van der Waals surface area (Å²) < 4.78 is 19.3. The molecule has 1 aliphatic rings. The highest BCUT2D eigenvalue weighted by molar-refractivity contribution is 9.10. The third kappa shape index (κ3) is 1.99. The van der Waals surface area contributed by atoms with Crippen LogP contribution >= 0.6 is 15.9 Å². The summed E-state index contributed by atoms with van der Waals surface area (Å²) in [7, 11) is 1.43. The zero-order chi connectivity index (χ0) is 13.3. The average molecular weight is 318 g/mol. The van der Waals surface area contributed by atoms with Crippen molar-refractivity contribution in [2.75, 3.05) is 13.7 Å². The number of nitrogens with two attached hydrogens (primary N) is 1. The van der Waals surface area contributed by atoms with Gasteiger partial charge in [0, 0.05) is 22.0 Å². The maximum absolute atomic E-state index is 13.5. The number of phenolic OH excluding ortho intramolecular Hbond substituents is 1. The molecular weight excluding hydrogens is 301 g/mol. The average Bonchev–Trinajstić information content (AvgIpc) is 2.83. The Kier molecular flexibility index (Phi) is 3.82. The van der Waals surface area contributed by atoms with Gasteiger partial charge in [0.25, 0.3) is 0 Å². The van der Waals surface area contributed by atoms with Crippen molar-refractivity contribution in [3.63, 3.8) is 0 Å². The Labute approximate surface area is 114 Å². The van der Waals surface area contributed by atoms with Crippen LogP contribution in [-0.2, 0) is 5.41 Å². The highest BCUT2D eigenvalue weighted by Crippen LogP contribution is 2.50. The van der Waals surface area contributed by atoms with Crippen molar-refractivity contribution < 1.29 is 14.2 Å². The fourth-order valence-electron chi connectivity index (χ4n) is 2.89. The van der Waals surface area contributed by atoms with Crippen LogP contribution in [0.25, 0.3) is 0 Å². The number of methoxy groups -OCH3 is 1. The highest BCUT2D eigenvalue weighted by atomic mass is 79.9. The molecule has 1 aliphatic carbocycles. The molecule has 0 unspecified atom stereocenters. The molecule has 1 aromatic rings. The van der Waals surface area contributed by atoms with E-state index >= 15 is 0 Å². The Bertz CT molecular complexity index is 459. The molecular formula is C13H17BrFNO2. The molecule has 3 N–H and O–H groups in total. The topological polar surface area (TPSA) is 55.5 Å². The zero-order valence-corrected chi connectivity index (χ0v) is 11.9. The Hall–Kier alpha value is -0.810. The Balaban J connectivity index is 2.65. The minimum absolute atomic E-state index is 0.203. The second-order valence-electron chi connectivity index (χ2n) is 4.79. The van der Waals surface area contributed by atoms with Crippen LogP contribution in [0.4, 0.5) is 4.39 Å². The lowest BCUT2D eigenvalue weighted by atomic mass is 9.78. The first-order valence-corrected chi connectivity index (χ1v) is 6.80. The van der Waals surface area contributed by atoms with Gasteiger partial charge in [0.2, 0.25) is 0 Å². The third-order valence-corrected chi connectivity index (χ3v) is 4.47. The molecule has 1 fully saturated rings. The fourth-order valence-corrected chi connectivity index (χ4v) is 3.69. The summed E-state index contributed by atoms with van der Waals surface area (Å²) in [6, 6.07) is 1.28. The van der Waals surface area contributed by atoms with Crippen LogP contribution in [0.15, 0.2) is 10.5 Å². The fraction of sp³-hybridized carbons (Fsp3) is 0.538. The van der Waals surface area contributed by atoms with Crippen LogP contribution in [-0.4, -0.2) is 18.8 Å². The molecule has 0 heterocycles. The van der Waals surface area contributed by atoms with Gasteiger partial charge in [-0.15, -0.1) is 0 Å². The Morgan fingerprint density at radius 2 is 2.11 bits per heavy atom. The second-order valence-corrected chi connectivity index (χ2v) is 5.64. The highest BCUT2D eigenvalue weighted by Gasteiger charge is 2.39. The predicted molar refractivity (Wildman–Crippen MR) is 71.5 cm³/mol. The van der Waals surface area contributed by atoms with Crippen LogP contribution in [0, 0.1) is 5.82 Å². The van der Waals surface area contributed by atoms with E-state index in [0.717, 1.165) is 31.2 Å². The lowest BCUT2D eigenvalue weighted by molar-refractivity contribution is 0.335. The van der Waals surface area contributed by atoms with E-state index in [1.807, 2.05) is 0 Å². The summed E-state index contributed by atoms with van der Waals surface area (Å²) in [6.07, 6.45) is 4.04. The molecule has 0 spiro atoms. The number of hydrogen-bond donors (Lipinski definition) is 2. The molecule has 0 amide bonds. The summed E-state index contributed by atoms with van der Waals surface area (Å²) in [6.45, 7) is 0.465. The monoisotopic (exact) mass is 317 g/mol. The van der Waals surface area contributed by atoms with Gasteiger partial charge in [-0.05, 0) is 18.9 Å². The minimum Gasteiger partial charge on any atom is -0.502 e. The van der Waals surface area contributed by atoms with E-state index in [2.05, 4.69) is 15.9 Å². The molecule has 0 saturated heterocycles. The second kappa shape index (κ2) is 5.05. The van der Waals surface area contributed by atoms with Crippen molar-refractivity contribution in [1.82, 2.24) is 0 Å². The lowest BCUT2D eigenvalue weighted by Crippen LogP contribution is -2.33. The van der Waals surface area contributed by atoms with E-state index in [-0.39, 0.29) is 11.2 Å². The maximum atomic E-state index is 13.5. The van der Waals surface area contributed by atoms with E-state index in [0.29, 0.717) is 11.0 Å². The first kappa shape index (κ1) is 13.6. The van der Waals surface area contributed by atoms with Gasteiger partial charge in [-0.2, -0.15) is 0 Å². The molecule has 0 bridgehead atoms. The summed E-state index contributed by atoms with van der Waals surface area (Å²) in [5, 5.41) is 9.81. The van der Waals surface area contributed by atoms with Crippen LogP contribution in [0.5, 0.6) is 11.5 Å². The molecule has 0 aromatic heterocycles. The smallest absolute Gasteiger partial charge is 0.194 e. The summed E-state index contributed by atoms with van der Waals surface area (Å²) >= 11 is 3.37. The molecule has 0 aliphatic heterocycles. The summed E-state index contributed by atoms with van der Waals surface area (Å²) in [5.41, 5.74) is 6.50. The Morgan fingerprint density at radius 1 is 1.50 bits per heavy atom. The molecule has 1 aromatic carbocycles. The molecule has 0 atom stereocenters. The van der Waals surface area contributed by atoms with Crippen molar-refractivity contribution in [2.24, 2.45) is 5.73 Å². The predicted octanol–water partition coefficient (Wildman–Crippen LogP) is 3.07. The number of phenols is 1.